The number of pyridine rings is 1. The molecule has 5 heteroatoms. The van der Waals surface area contributed by atoms with Crippen LogP contribution in [0, 0.1) is 0 Å². The van der Waals surface area contributed by atoms with Crippen molar-refractivity contribution in [1.82, 2.24) is 9.47 Å². The fourth-order valence-electron chi connectivity index (χ4n) is 3.57. The standard InChI is InChI=1S/C21H19FN2O2/c1-23-12-14(8-9-20(23)25)16-4-2-6-18-17(16)5-3-7-19(18)21(26)24-11-10-15(22)13-24/h2-9,12,15H,10-11,13H2,1H3/t15-/m1/s1. The second kappa shape index (κ2) is 6.41. The van der Waals surface area contributed by atoms with Crippen LogP contribution in [0.2, 0.25) is 0 Å². The molecule has 1 saturated heterocycles. The Bertz CT molecular complexity index is 1060. The van der Waals surface area contributed by atoms with Gasteiger partial charge in [-0.2, -0.15) is 0 Å². The molecule has 0 saturated carbocycles. The van der Waals surface area contributed by atoms with Gasteiger partial charge in [0.05, 0.1) is 6.54 Å². The zero-order chi connectivity index (χ0) is 18.3. The van der Waals surface area contributed by atoms with Gasteiger partial charge in [0, 0.05) is 31.4 Å². The van der Waals surface area contributed by atoms with Crippen LogP contribution in [-0.2, 0) is 7.05 Å². The molecule has 0 spiro atoms. The van der Waals surface area contributed by atoms with Gasteiger partial charge in [-0.25, -0.2) is 4.39 Å². The SMILES string of the molecule is Cn1cc(-c2cccc3c(C(=O)N4CC[C@@H](F)C4)cccc23)ccc1=O. The van der Waals surface area contributed by atoms with Crippen LogP contribution in [0.25, 0.3) is 21.9 Å². The third kappa shape index (κ3) is 2.79. The van der Waals surface area contributed by atoms with Gasteiger partial charge in [0.1, 0.15) is 6.17 Å². The van der Waals surface area contributed by atoms with Gasteiger partial charge in [-0.15, -0.1) is 0 Å². The Hall–Kier alpha value is -2.95. The lowest BCUT2D eigenvalue weighted by Gasteiger charge is -2.17. The predicted molar refractivity (Wildman–Crippen MR) is 100 cm³/mol. The molecule has 0 unspecified atom stereocenters. The summed E-state index contributed by atoms with van der Waals surface area (Å²) in [5.74, 6) is -0.131. The maximum Gasteiger partial charge on any atom is 0.254 e. The summed E-state index contributed by atoms with van der Waals surface area (Å²) in [6.07, 6.45) is 1.26. The highest BCUT2D eigenvalue weighted by molar-refractivity contribution is 6.10. The Kier molecular flexibility index (Phi) is 4.07. The van der Waals surface area contributed by atoms with Crippen LogP contribution < -0.4 is 5.56 Å². The quantitative estimate of drug-likeness (QED) is 0.711. The van der Waals surface area contributed by atoms with Crippen molar-refractivity contribution in [1.29, 1.82) is 0 Å². The fourth-order valence-corrected chi connectivity index (χ4v) is 3.57. The molecule has 132 valence electrons. The molecule has 0 aliphatic carbocycles. The van der Waals surface area contributed by atoms with Gasteiger partial charge in [-0.05, 0) is 40.5 Å². The number of halogens is 1. The van der Waals surface area contributed by atoms with Crippen LogP contribution in [0.1, 0.15) is 16.8 Å². The first-order valence-corrected chi connectivity index (χ1v) is 8.67. The summed E-state index contributed by atoms with van der Waals surface area (Å²) in [6, 6.07) is 14.7. The molecule has 1 amide bonds. The highest BCUT2D eigenvalue weighted by atomic mass is 19.1. The minimum Gasteiger partial charge on any atom is -0.336 e. The molecule has 4 nitrogen and oxygen atoms in total. The number of amides is 1. The zero-order valence-electron chi connectivity index (χ0n) is 14.5. The van der Waals surface area contributed by atoms with Crippen molar-refractivity contribution in [3.63, 3.8) is 0 Å². The number of aromatic nitrogens is 1. The van der Waals surface area contributed by atoms with Crippen LogP contribution in [-0.4, -0.2) is 34.6 Å². The third-order valence-corrected chi connectivity index (χ3v) is 4.97. The average molecular weight is 350 g/mol. The summed E-state index contributed by atoms with van der Waals surface area (Å²) in [7, 11) is 1.71. The Labute approximate surface area is 150 Å². The van der Waals surface area contributed by atoms with E-state index in [-0.39, 0.29) is 18.0 Å². The summed E-state index contributed by atoms with van der Waals surface area (Å²) in [4.78, 5) is 26.1. The molecule has 1 aliphatic heterocycles. The summed E-state index contributed by atoms with van der Waals surface area (Å²) in [6.45, 7) is 0.618. The topological polar surface area (TPSA) is 42.3 Å². The van der Waals surface area contributed by atoms with E-state index >= 15 is 0 Å². The molecule has 26 heavy (non-hydrogen) atoms. The molecule has 0 radical (unpaired) electrons. The molecule has 0 bridgehead atoms. The minimum absolute atomic E-state index is 0.0698. The predicted octanol–water partition coefficient (Wildman–Crippen LogP) is 3.39. The van der Waals surface area contributed by atoms with Crippen molar-refractivity contribution in [2.75, 3.05) is 13.1 Å². The Morgan fingerprint density at radius 3 is 2.58 bits per heavy atom. The smallest absolute Gasteiger partial charge is 0.254 e. The van der Waals surface area contributed by atoms with E-state index in [0.29, 0.717) is 18.5 Å². The van der Waals surface area contributed by atoms with Crippen LogP contribution >= 0.6 is 0 Å². The van der Waals surface area contributed by atoms with Crippen molar-refractivity contribution in [3.05, 3.63) is 70.6 Å². The van der Waals surface area contributed by atoms with E-state index in [1.165, 1.54) is 10.6 Å². The molecule has 2 aromatic carbocycles. The first-order valence-electron chi connectivity index (χ1n) is 8.67. The van der Waals surface area contributed by atoms with Crippen molar-refractivity contribution in [2.45, 2.75) is 12.6 Å². The number of fused-ring (bicyclic) bond motifs is 1. The van der Waals surface area contributed by atoms with Crippen LogP contribution in [0.3, 0.4) is 0 Å². The summed E-state index contributed by atoms with van der Waals surface area (Å²) in [5, 5.41) is 1.78. The van der Waals surface area contributed by atoms with Crippen molar-refractivity contribution < 1.29 is 9.18 Å². The van der Waals surface area contributed by atoms with Crippen LogP contribution in [0.4, 0.5) is 4.39 Å². The zero-order valence-corrected chi connectivity index (χ0v) is 14.5. The van der Waals surface area contributed by atoms with Gasteiger partial charge in [0.25, 0.3) is 5.91 Å². The Morgan fingerprint density at radius 2 is 1.85 bits per heavy atom. The molecular weight excluding hydrogens is 331 g/mol. The average Bonchev–Trinajstić information content (AvgIpc) is 3.09. The Balaban J connectivity index is 1.84. The van der Waals surface area contributed by atoms with Gasteiger partial charge in [0.15, 0.2) is 0 Å². The lowest BCUT2D eigenvalue weighted by Crippen LogP contribution is -2.29. The van der Waals surface area contributed by atoms with Crippen LogP contribution in [0.5, 0.6) is 0 Å². The van der Waals surface area contributed by atoms with E-state index in [4.69, 9.17) is 0 Å². The molecule has 1 aromatic heterocycles. The third-order valence-electron chi connectivity index (χ3n) is 4.97. The molecule has 1 aliphatic rings. The van der Waals surface area contributed by atoms with Crippen molar-refractivity contribution in [2.24, 2.45) is 7.05 Å². The van der Waals surface area contributed by atoms with E-state index in [2.05, 4.69) is 0 Å². The Morgan fingerprint density at radius 1 is 1.08 bits per heavy atom. The number of rotatable bonds is 2. The number of carbonyl (C=O) groups excluding carboxylic acids is 1. The number of likely N-dealkylation sites (tertiary alicyclic amines) is 1. The highest BCUT2D eigenvalue weighted by Crippen LogP contribution is 2.31. The monoisotopic (exact) mass is 350 g/mol. The fraction of sp³-hybridized carbons (Fsp3) is 0.238. The van der Waals surface area contributed by atoms with Crippen molar-refractivity contribution in [3.8, 4) is 11.1 Å². The van der Waals surface area contributed by atoms with Crippen molar-refractivity contribution >= 4 is 16.7 Å². The van der Waals surface area contributed by atoms with E-state index in [0.717, 1.165) is 21.9 Å². The molecule has 3 aromatic rings. The normalized spacial score (nSPS) is 17.0. The number of alkyl halides is 1. The molecular formula is C21H19FN2O2. The minimum atomic E-state index is -0.935. The molecule has 1 atom stereocenters. The lowest BCUT2D eigenvalue weighted by molar-refractivity contribution is 0.0785. The van der Waals surface area contributed by atoms with Crippen LogP contribution in [0.15, 0.2) is 59.5 Å². The van der Waals surface area contributed by atoms with Gasteiger partial charge >= 0.3 is 0 Å². The molecule has 1 fully saturated rings. The molecule has 4 rings (SSSR count). The largest absolute Gasteiger partial charge is 0.336 e. The first-order chi connectivity index (χ1) is 12.5. The van der Waals surface area contributed by atoms with Gasteiger partial charge < -0.3 is 9.47 Å². The number of aryl methyl sites for hydroxylation is 1. The van der Waals surface area contributed by atoms with E-state index < -0.39 is 6.17 Å². The highest BCUT2D eigenvalue weighted by Gasteiger charge is 2.27. The second-order valence-electron chi connectivity index (χ2n) is 6.71. The summed E-state index contributed by atoms with van der Waals surface area (Å²) < 4.78 is 15.0. The molecule has 0 N–H and O–H groups in total. The molecule has 2 heterocycles. The number of hydrogen-bond donors (Lipinski definition) is 0. The van der Waals surface area contributed by atoms with Gasteiger partial charge in [-0.1, -0.05) is 30.3 Å². The number of hydrogen-bond acceptors (Lipinski definition) is 2. The maximum absolute atomic E-state index is 13.5. The van der Waals surface area contributed by atoms with E-state index in [1.54, 1.807) is 30.3 Å². The van der Waals surface area contributed by atoms with E-state index in [1.807, 2.05) is 30.3 Å². The number of benzene rings is 2. The summed E-state index contributed by atoms with van der Waals surface area (Å²) in [5.41, 5.74) is 2.38. The second-order valence-corrected chi connectivity index (χ2v) is 6.71. The van der Waals surface area contributed by atoms with Gasteiger partial charge in [0.2, 0.25) is 5.56 Å². The summed E-state index contributed by atoms with van der Waals surface area (Å²) >= 11 is 0. The number of carbonyl (C=O) groups is 1. The van der Waals surface area contributed by atoms with E-state index in [9.17, 15) is 14.0 Å². The lowest BCUT2D eigenvalue weighted by atomic mass is 9.96. The number of nitrogens with zero attached hydrogens (tertiary/aromatic N) is 2. The maximum atomic E-state index is 13.5. The van der Waals surface area contributed by atoms with Gasteiger partial charge in [-0.3, -0.25) is 9.59 Å². The first kappa shape index (κ1) is 16.5.